The standard InChI is InChI=1S/C9H10ClNO2/c1-3-6-5-11-8(4-7(6)10)9(12)13-2/h4-5H,3H2,1-2H3. The van der Waals surface area contributed by atoms with Crippen LogP contribution in [0.3, 0.4) is 0 Å². The van der Waals surface area contributed by atoms with Crippen LogP contribution in [0.1, 0.15) is 23.0 Å². The number of aryl methyl sites for hydroxylation is 1. The zero-order valence-electron chi connectivity index (χ0n) is 7.50. The van der Waals surface area contributed by atoms with Crippen molar-refractivity contribution in [2.75, 3.05) is 7.11 Å². The van der Waals surface area contributed by atoms with Gasteiger partial charge in [-0.25, -0.2) is 9.78 Å². The Labute approximate surface area is 81.7 Å². The summed E-state index contributed by atoms with van der Waals surface area (Å²) in [7, 11) is 1.31. The van der Waals surface area contributed by atoms with E-state index in [4.69, 9.17) is 11.6 Å². The van der Waals surface area contributed by atoms with Crippen molar-refractivity contribution in [3.63, 3.8) is 0 Å². The molecular formula is C9H10ClNO2. The van der Waals surface area contributed by atoms with Gasteiger partial charge in [-0.2, -0.15) is 0 Å². The molecule has 1 aromatic heterocycles. The quantitative estimate of drug-likeness (QED) is 0.685. The van der Waals surface area contributed by atoms with E-state index in [0.717, 1.165) is 12.0 Å². The number of esters is 1. The fraction of sp³-hybridized carbons (Fsp3) is 0.333. The summed E-state index contributed by atoms with van der Waals surface area (Å²) in [4.78, 5) is 14.9. The van der Waals surface area contributed by atoms with Gasteiger partial charge in [-0.3, -0.25) is 0 Å². The summed E-state index contributed by atoms with van der Waals surface area (Å²) in [6.07, 6.45) is 2.39. The molecule has 4 heteroatoms. The predicted molar refractivity (Wildman–Crippen MR) is 50.0 cm³/mol. The van der Waals surface area contributed by atoms with Crippen LogP contribution in [0.5, 0.6) is 0 Å². The molecule has 0 aromatic carbocycles. The average molecular weight is 200 g/mol. The molecule has 0 aliphatic carbocycles. The lowest BCUT2D eigenvalue weighted by Crippen LogP contribution is -2.04. The Morgan fingerprint density at radius 2 is 2.38 bits per heavy atom. The highest BCUT2D eigenvalue weighted by molar-refractivity contribution is 6.31. The molecule has 1 rings (SSSR count). The Morgan fingerprint density at radius 1 is 1.69 bits per heavy atom. The molecule has 0 atom stereocenters. The van der Waals surface area contributed by atoms with Crippen molar-refractivity contribution < 1.29 is 9.53 Å². The van der Waals surface area contributed by atoms with Gasteiger partial charge in [0.25, 0.3) is 0 Å². The lowest BCUT2D eigenvalue weighted by Gasteiger charge is -2.02. The highest BCUT2D eigenvalue weighted by Gasteiger charge is 2.08. The normalized spacial score (nSPS) is 9.77. The van der Waals surface area contributed by atoms with Crippen LogP contribution in [0.2, 0.25) is 5.02 Å². The Hall–Kier alpha value is -1.09. The number of carbonyl (C=O) groups excluding carboxylic acids is 1. The van der Waals surface area contributed by atoms with E-state index in [1.807, 2.05) is 6.92 Å². The first-order valence-electron chi connectivity index (χ1n) is 3.91. The Kier molecular flexibility index (Phi) is 3.25. The monoisotopic (exact) mass is 199 g/mol. The van der Waals surface area contributed by atoms with Gasteiger partial charge >= 0.3 is 5.97 Å². The molecule has 0 saturated carbocycles. The number of hydrogen-bond acceptors (Lipinski definition) is 3. The van der Waals surface area contributed by atoms with Gasteiger partial charge in [0.15, 0.2) is 0 Å². The van der Waals surface area contributed by atoms with E-state index in [0.29, 0.717) is 5.02 Å². The van der Waals surface area contributed by atoms with Crippen LogP contribution in [-0.4, -0.2) is 18.1 Å². The van der Waals surface area contributed by atoms with Crippen LogP contribution < -0.4 is 0 Å². The molecule has 0 N–H and O–H groups in total. The number of pyridine rings is 1. The zero-order chi connectivity index (χ0) is 9.84. The number of aromatic nitrogens is 1. The number of hydrogen-bond donors (Lipinski definition) is 0. The molecule has 0 aliphatic rings. The lowest BCUT2D eigenvalue weighted by atomic mass is 10.2. The van der Waals surface area contributed by atoms with Gasteiger partial charge < -0.3 is 4.74 Å². The molecule has 0 fully saturated rings. The van der Waals surface area contributed by atoms with Crippen molar-refractivity contribution in [2.24, 2.45) is 0 Å². The van der Waals surface area contributed by atoms with Gasteiger partial charge in [0.05, 0.1) is 7.11 Å². The third-order valence-electron chi connectivity index (χ3n) is 1.71. The van der Waals surface area contributed by atoms with Crippen molar-refractivity contribution in [3.8, 4) is 0 Å². The van der Waals surface area contributed by atoms with Gasteiger partial charge in [0.1, 0.15) is 5.69 Å². The number of nitrogens with zero attached hydrogens (tertiary/aromatic N) is 1. The largest absolute Gasteiger partial charge is 0.464 e. The molecule has 70 valence electrons. The molecule has 1 heterocycles. The van der Waals surface area contributed by atoms with Crippen LogP contribution in [0.15, 0.2) is 12.3 Å². The number of carbonyl (C=O) groups is 1. The molecule has 0 aliphatic heterocycles. The maximum absolute atomic E-state index is 11.0. The zero-order valence-corrected chi connectivity index (χ0v) is 8.26. The number of halogens is 1. The maximum atomic E-state index is 11.0. The summed E-state index contributed by atoms with van der Waals surface area (Å²) >= 11 is 5.88. The minimum absolute atomic E-state index is 0.240. The van der Waals surface area contributed by atoms with E-state index in [1.54, 1.807) is 6.20 Å². The third-order valence-corrected chi connectivity index (χ3v) is 2.06. The van der Waals surface area contributed by atoms with Gasteiger partial charge in [0.2, 0.25) is 0 Å². The Bertz CT molecular complexity index is 325. The highest BCUT2D eigenvalue weighted by atomic mass is 35.5. The second-order valence-corrected chi connectivity index (χ2v) is 2.91. The molecule has 0 unspecified atom stereocenters. The van der Waals surface area contributed by atoms with Crippen LogP contribution in [0.25, 0.3) is 0 Å². The third kappa shape index (κ3) is 2.18. The van der Waals surface area contributed by atoms with Gasteiger partial charge in [-0.15, -0.1) is 0 Å². The molecule has 0 saturated heterocycles. The second kappa shape index (κ2) is 4.23. The lowest BCUT2D eigenvalue weighted by molar-refractivity contribution is 0.0594. The van der Waals surface area contributed by atoms with E-state index in [1.165, 1.54) is 13.2 Å². The molecule has 13 heavy (non-hydrogen) atoms. The second-order valence-electron chi connectivity index (χ2n) is 2.51. The predicted octanol–water partition coefficient (Wildman–Crippen LogP) is 2.08. The van der Waals surface area contributed by atoms with E-state index in [9.17, 15) is 4.79 Å². The van der Waals surface area contributed by atoms with Gasteiger partial charge in [-0.05, 0) is 18.1 Å². The van der Waals surface area contributed by atoms with Crippen LogP contribution in [-0.2, 0) is 11.2 Å². The first kappa shape index (κ1) is 9.99. The van der Waals surface area contributed by atoms with Crippen molar-refractivity contribution >= 4 is 17.6 Å². The van der Waals surface area contributed by atoms with E-state index in [-0.39, 0.29) is 5.69 Å². The highest BCUT2D eigenvalue weighted by Crippen LogP contribution is 2.16. The molecule has 3 nitrogen and oxygen atoms in total. The minimum atomic E-state index is -0.468. The van der Waals surface area contributed by atoms with Crippen molar-refractivity contribution in [1.29, 1.82) is 0 Å². The fourth-order valence-corrected chi connectivity index (χ4v) is 1.22. The summed E-state index contributed by atoms with van der Waals surface area (Å²) in [5, 5.41) is 0.554. The SMILES string of the molecule is CCc1cnc(C(=O)OC)cc1Cl. The van der Waals surface area contributed by atoms with E-state index >= 15 is 0 Å². The minimum Gasteiger partial charge on any atom is -0.464 e. The first-order valence-corrected chi connectivity index (χ1v) is 4.29. The fourth-order valence-electron chi connectivity index (χ4n) is 0.935. The molecule has 1 aromatic rings. The maximum Gasteiger partial charge on any atom is 0.356 e. The smallest absolute Gasteiger partial charge is 0.356 e. The van der Waals surface area contributed by atoms with Gasteiger partial charge in [0, 0.05) is 11.2 Å². The number of methoxy groups -OCH3 is 1. The Balaban J connectivity index is 3.02. The molecule has 0 bridgehead atoms. The summed E-state index contributed by atoms with van der Waals surface area (Å²) in [6.45, 7) is 1.97. The number of rotatable bonds is 2. The van der Waals surface area contributed by atoms with Crippen LogP contribution in [0, 0.1) is 0 Å². The van der Waals surface area contributed by atoms with Crippen LogP contribution in [0.4, 0.5) is 0 Å². The molecular weight excluding hydrogens is 190 g/mol. The van der Waals surface area contributed by atoms with Crippen LogP contribution >= 0.6 is 11.6 Å². The number of ether oxygens (including phenoxy) is 1. The van der Waals surface area contributed by atoms with Gasteiger partial charge in [-0.1, -0.05) is 18.5 Å². The average Bonchev–Trinajstić information content (AvgIpc) is 2.16. The van der Waals surface area contributed by atoms with Crippen molar-refractivity contribution in [3.05, 3.63) is 28.5 Å². The topological polar surface area (TPSA) is 39.2 Å². The summed E-state index contributed by atoms with van der Waals surface area (Å²) < 4.78 is 4.50. The summed E-state index contributed by atoms with van der Waals surface area (Å²) in [5.74, 6) is -0.468. The van der Waals surface area contributed by atoms with Crippen molar-refractivity contribution in [2.45, 2.75) is 13.3 Å². The Morgan fingerprint density at radius 3 is 2.85 bits per heavy atom. The molecule has 0 spiro atoms. The van der Waals surface area contributed by atoms with E-state index in [2.05, 4.69) is 9.72 Å². The van der Waals surface area contributed by atoms with Crippen molar-refractivity contribution in [1.82, 2.24) is 4.98 Å². The summed E-state index contributed by atoms with van der Waals surface area (Å²) in [5.41, 5.74) is 1.17. The summed E-state index contributed by atoms with van der Waals surface area (Å²) in [6, 6.07) is 1.52. The molecule has 0 radical (unpaired) electrons. The van der Waals surface area contributed by atoms with E-state index < -0.39 is 5.97 Å². The first-order chi connectivity index (χ1) is 6.19. The molecule has 0 amide bonds.